The summed E-state index contributed by atoms with van der Waals surface area (Å²) in [6, 6.07) is 3.54. The fourth-order valence-corrected chi connectivity index (χ4v) is 0.997. The Morgan fingerprint density at radius 3 is 2.85 bits per heavy atom. The van der Waals surface area contributed by atoms with Gasteiger partial charge in [-0.2, -0.15) is 0 Å². The average Bonchev–Trinajstić information content (AvgIpc) is 2.19. The van der Waals surface area contributed by atoms with Crippen molar-refractivity contribution in [2.45, 2.75) is 13.0 Å². The lowest BCUT2D eigenvalue weighted by Crippen LogP contribution is -2.23. The van der Waals surface area contributed by atoms with Crippen molar-refractivity contribution in [1.82, 2.24) is 4.98 Å². The van der Waals surface area contributed by atoms with Crippen LogP contribution in [0.3, 0.4) is 0 Å². The molecule has 0 radical (unpaired) electrons. The van der Waals surface area contributed by atoms with Crippen LogP contribution in [0, 0.1) is 0 Å². The third kappa shape index (κ3) is 3.35. The minimum atomic E-state index is -0.0149. The summed E-state index contributed by atoms with van der Waals surface area (Å²) >= 11 is 1.80. The number of pyridine rings is 1. The van der Waals surface area contributed by atoms with E-state index in [9.17, 15) is 0 Å². The van der Waals surface area contributed by atoms with E-state index in [2.05, 4.69) is 4.98 Å². The molecule has 72 valence electrons. The van der Waals surface area contributed by atoms with Gasteiger partial charge in [-0.05, 0) is 13.0 Å². The van der Waals surface area contributed by atoms with E-state index in [1.165, 1.54) is 0 Å². The van der Waals surface area contributed by atoms with E-state index in [-0.39, 0.29) is 6.10 Å². The summed E-state index contributed by atoms with van der Waals surface area (Å²) in [7, 11) is 0. The molecule has 0 unspecified atom stereocenters. The quantitative estimate of drug-likeness (QED) is 0.856. The molecule has 1 aromatic rings. The van der Waals surface area contributed by atoms with Crippen LogP contribution in [-0.2, 0) is 0 Å². The molecule has 0 fully saturated rings. The van der Waals surface area contributed by atoms with Crippen LogP contribution in [-0.4, -0.2) is 17.6 Å². The van der Waals surface area contributed by atoms with Crippen molar-refractivity contribution < 1.29 is 7.80 Å². The Labute approximate surface area is 91.1 Å². The summed E-state index contributed by atoms with van der Waals surface area (Å²) in [5, 5.41) is 0. The number of nitrogens with two attached hydrogens (primary N) is 1. The highest BCUT2D eigenvalue weighted by Gasteiger charge is 2.02. The molecule has 4 nitrogen and oxygen atoms in total. The van der Waals surface area contributed by atoms with Crippen molar-refractivity contribution in [3.63, 3.8) is 0 Å². The molecule has 5 heteroatoms. The number of aromatic nitrogens is 1. The molecule has 0 amide bonds. The van der Waals surface area contributed by atoms with E-state index in [1.807, 2.05) is 6.92 Å². The van der Waals surface area contributed by atoms with Crippen LogP contribution < -0.4 is 13.5 Å². The predicted molar refractivity (Wildman–Crippen MR) is 58.0 cm³/mol. The lowest BCUT2D eigenvalue weighted by Gasteiger charge is -2.10. The third-order valence-corrected chi connectivity index (χ3v) is 1.96. The first-order valence-electron chi connectivity index (χ1n) is 3.87. The van der Waals surface area contributed by atoms with Gasteiger partial charge in [0.1, 0.15) is 6.10 Å². The monoisotopic (exact) mass is 294 g/mol. The third-order valence-electron chi connectivity index (χ3n) is 1.45. The van der Waals surface area contributed by atoms with Crippen molar-refractivity contribution in [1.29, 1.82) is 0 Å². The summed E-state index contributed by atoms with van der Waals surface area (Å²) in [5.41, 5.74) is 5.40. The first kappa shape index (κ1) is 10.5. The van der Waals surface area contributed by atoms with Crippen LogP contribution in [0.1, 0.15) is 6.92 Å². The lowest BCUT2D eigenvalue weighted by molar-refractivity contribution is 0.220. The smallest absolute Gasteiger partial charge is 0.213 e. The SMILES string of the molecule is C[C@@H](CN)Oc1ccc(OI)cn1. The Bertz CT molecular complexity index is 253. The molecule has 1 atom stereocenters. The zero-order valence-corrected chi connectivity index (χ0v) is 9.39. The summed E-state index contributed by atoms with van der Waals surface area (Å²) in [6.45, 7) is 2.37. The zero-order valence-electron chi connectivity index (χ0n) is 7.24. The van der Waals surface area contributed by atoms with E-state index in [0.29, 0.717) is 18.2 Å². The zero-order chi connectivity index (χ0) is 9.68. The predicted octanol–water partition coefficient (Wildman–Crippen LogP) is 1.54. The first-order chi connectivity index (χ1) is 6.26. The Morgan fingerprint density at radius 2 is 2.38 bits per heavy atom. The molecule has 0 aliphatic rings. The molecular formula is C8H11IN2O2. The van der Waals surface area contributed by atoms with Gasteiger partial charge in [0.05, 0.1) is 6.20 Å². The molecule has 0 saturated heterocycles. The van der Waals surface area contributed by atoms with Crippen molar-refractivity contribution in [3.05, 3.63) is 18.3 Å². The van der Waals surface area contributed by atoms with Gasteiger partial charge in [0.15, 0.2) is 28.8 Å². The fraction of sp³-hybridized carbons (Fsp3) is 0.375. The number of ether oxygens (including phenoxy) is 1. The second-order valence-electron chi connectivity index (χ2n) is 2.57. The highest BCUT2D eigenvalue weighted by molar-refractivity contribution is 14.1. The first-order valence-corrected chi connectivity index (χ1v) is 4.75. The van der Waals surface area contributed by atoms with Crippen LogP contribution in [0.15, 0.2) is 18.3 Å². The number of nitrogens with zero attached hydrogens (tertiary/aromatic N) is 1. The van der Waals surface area contributed by atoms with Gasteiger partial charge in [0.2, 0.25) is 5.88 Å². The minimum absolute atomic E-state index is 0.0149. The molecule has 1 rings (SSSR count). The molecule has 1 heterocycles. The topological polar surface area (TPSA) is 57.4 Å². The molecular weight excluding hydrogens is 283 g/mol. The fourth-order valence-electron chi connectivity index (χ4n) is 0.736. The van der Waals surface area contributed by atoms with Gasteiger partial charge in [0.25, 0.3) is 0 Å². The molecule has 0 spiro atoms. The second-order valence-corrected chi connectivity index (χ2v) is 3.01. The highest BCUT2D eigenvalue weighted by atomic mass is 127. The number of rotatable bonds is 4. The van der Waals surface area contributed by atoms with Gasteiger partial charge < -0.3 is 13.5 Å². The average molecular weight is 294 g/mol. The maximum absolute atomic E-state index is 5.40. The van der Waals surface area contributed by atoms with Gasteiger partial charge in [-0.25, -0.2) is 4.98 Å². The number of hydrogen-bond acceptors (Lipinski definition) is 4. The molecule has 13 heavy (non-hydrogen) atoms. The van der Waals surface area contributed by atoms with Crippen molar-refractivity contribution in [3.8, 4) is 11.6 Å². The van der Waals surface area contributed by atoms with E-state index >= 15 is 0 Å². The standard InChI is InChI=1S/C8H11IN2O2/c1-6(4-10)12-8-3-2-7(13-9)5-11-8/h2-3,5-6H,4,10H2,1H3/t6-/m0/s1. The van der Waals surface area contributed by atoms with Crippen LogP contribution in [0.2, 0.25) is 0 Å². The second kappa shape index (κ2) is 5.23. The van der Waals surface area contributed by atoms with Gasteiger partial charge in [0, 0.05) is 12.6 Å². The van der Waals surface area contributed by atoms with E-state index < -0.39 is 0 Å². The van der Waals surface area contributed by atoms with E-state index in [0.717, 1.165) is 0 Å². The molecule has 0 aromatic carbocycles. The Morgan fingerprint density at radius 1 is 1.62 bits per heavy atom. The summed E-state index contributed by atoms with van der Waals surface area (Å²) in [4.78, 5) is 4.03. The van der Waals surface area contributed by atoms with Crippen LogP contribution in [0.5, 0.6) is 11.6 Å². The normalized spacial score (nSPS) is 12.2. The van der Waals surface area contributed by atoms with Crippen LogP contribution in [0.4, 0.5) is 0 Å². The number of hydrogen-bond donors (Lipinski definition) is 1. The lowest BCUT2D eigenvalue weighted by atomic mass is 10.4. The summed E-state index contributed by atoms with van der Waals surface area (Å²) in [6.07, 6.45) is 1.59. The highest BCUT2D eigenvalue weighted by Crippen LogP contribution is 2.15. The van der Waals surface area contributed by atoms with Crippen molar-refractivity contribution >= 4 is 23.0 Å². The molecule has 0 bridgehead atoms. The Hall–Kier alpha value is -0.560. The van der Waals surface area contributed by atoms with E-state index in [4.69, 9.17) is 13.5 Å². The maximum Gasteiger partial charge on any atom is 0.213 e. The van der Waals surface area contributed by atoms with Crippen LogP contribution >= 0.6 is 23.0 Å². The number of halogens is 1. The van der Waals surface area contributed by atoms with Gasteiger partial charge in [-0.3, -0.25) is 0 Å². The molecule has 1 aromatic heterocycles. The Kier molecular flexibility index (Phi) is 4.23. The maximum atomic E-state index is 5.40. The molecule has 0 aliphatic carbocycles. The van der Waals surface area contributed by atoms with E-state index in [1.54, 1.807) is 41.3 Å². The minimum Gasteiger partial charge on any atom is -0.473 e. The summed E-state index contributed by atoms with van der Waals surface area (Å²) in [5.74, 6) is 1.27. The summed E-state index contributed by atoms with van der Waals surface area (Å²) < 4.78 is 10.3. The molecule has 2 N–H and O–H groups in total. The molecule has 0 aliphatic heterocycles. The van der Waals surface area contributed by atoms with Crippen LogP contribution in [0.25, 0.3) is 0 Å². The van der Waals surface area contributed by atoms with Gasteiger partial charge in [-0.1, -0.05) is 0 Å². The molecule has 0 saturated carbocycles. The van der Waals surface area contributed by atoms with Crippen molar-refractivity contribution in [2.75, 3.05) is 6.54 Å². The van der Waals surface area contributed by atoms with Crippen molar-refractivity contribution in [2.24, 2.45) is 5.73 Å². The van der Waals surface area contributed by atoms with Gasteiger partial charge in [-0.15, -0.1) is 0 Å². The Balaban J connectivity index is 2.58. The largest absolute Gasteiger partial charge is 0.473 e. The van der Waals surface area contributed by atoms with Gasteiger partial charge >= 0.3 is 0 Å².